The molecule has 3 fully saturated rings. The highest BCUT2D eigenvalue weighted by Gasteiger charge is 2.44. The van der Waals surface area contributed by atoms with Gasteiger partial charge in [0.1, 0.15) is 11.8 Å². The molecule has 4 aliphatic heterocycles. The maximum absolute atomic E-state index is 14.5. The predicted octanol–water partition coefficient (Wildman–Crippen LogP) is 1.14. The fourth-order valence-corrected chi connectivity index (χ4v) is 6.93. The van der Waals surface area contributed by atoms with Crippen molar-refractivity contribution in [3.05, 3.63) is 52.8 Å². The average molecular weight is 678 g/mol. The Morgan fingerprint density at radius 3 is 2.47 bits per heavy atom. The van der Waals surface area contributed by atoms with E-state index in [-0.39, 0.29) is 52.9 Å². The van der Waals surface area contributed by atoms with Gasteiger partial charge >= 0.3 is 0 Å². The molecule has 4 heterocycles. The molecule has 0 saturated carbocycles. The van der Waals surface area contributed by atoms with Gasteiger partial charge in [0.15, 0.2) is 5.82 Å². The van der Waals surface area contributed by atoms with Crippen LogP contribution in [0.4, 0.5) is 15.8 Å². The van der Waals surface area contributed by atoms with E-state index in [1.807, 2.05) is 6.07 Å². The Balaban J connectivity index is 0.914. The lowest BCUT2D eigenvalue weighted by molar-refractivity contribution is -0.136. The van der Waals surface area contributed by atoms with Gasteiger partial charge in [-0.15, -0.1) is 0 Å². The van der Waals surface area contributed by atoms with Crippen molar-refractivity contribution >= 4 is 46.8 Å². The number of hydrogen-bond donors (Lipinski definition) is 3. The highest BCUT2D eigenvalue weighted by Crippen LogP contribution is 2.31. The third kappa shape index (κ3) is 7.07. The van der Waals surface area contributed by atoms with Gasteiger partial charge in [0.2, 0.25) is 17.7 Å². The minimum Gasteiger partial charge on any atom is -0.497 e. The number of benzene rings is 2. The number of ether oxygens (including phenoxy) is 1. The van der Waals surface area contributed by atoms with Crippen molar-refractivity contribution in [1.29, 1.82) is 0 Å². The van der Waals surface area contributed by atoms with Crippen LogP contribution in [-0.2, 0) is 14.4 Å². The molecule has 14 nitrogen and oxygen atoms in total. The summed E-state index contributed by atoms with van der Waals surface area (Å²) in [6.45, 7) is 4.78. The number of nitrogens with one attached hydrogen (secondary N) is 2. The lowest BCUT2D eigenvalue weighted by atomic mass is 10.0. The number of carbonyl (C=O) groups is 6. The number of nitrogens with zero attached hydrogens (tertiary/aromatic N) is 4. The normalized spacial score (nSPS) is 21.2. The first-order valence-corrected chi connectivity index (χ1v) is 16.6. The topological polar surface area (TPSA) is 175 Å². The Bertz CT molecular complexity index is 1690. The number of piperazine rings is 1. The van der Waals surface area contributed by atoms with Crippen molar-refractivity contribution in [2.75, 3.05) is 63.6 Å². The second-order valence-corrected chi connectivity index (χ2v) is 12.8. The summed E-state index contributed by atoms with van der Waals surface area (Å²) in [5, 5.41) is 5.02. The molecule has 2 aromatic rings. The Hall–Kier alpha value is -5.05. The van der Waals surface area contributed by atoms with Crippen molar-refractivity contribution in [1.82, 2.24) is 25.3 Å². The van der Waals surface area contributed by atoms with Crippen LogP contribution in [0.25, 0.3) is 0 Å². The lowest BCUT2D eigenvalue weighted by Crippen LogP contribution is -2.54. The van der Waals surface area contributed by atoms with Crippen LogP contribution in [0, 0.1) is 5.82 Å². The molecule has 0 bridgehead atoms. The van der Waals surface area contributed by atoms with Crippen LogP contribution in [0.3, 0.4) is 0 Å². The van der Waals surface area contributed by atoms with Crippen LogP contribution in [0.15, 0.2) is 30.3 Å². The fraction of sp³-hybridized carbons (Fsp3) is 0.471. The minimum absolute atomic E-state index is 0.0270. The summed E-state index contributed by atoms with van der Waals surface area (Å²) < 4.78 is 19.5. The van der Waals surface area contributed by atoms with Gasteiger partial charge in [0.05, 0.1) is 29.5 Å². The van der Waals surface area contributed by atoms with Gasteiger partial charge < -0.3 is 25.6 Å². The van der Waals surface area contributed by atoms with Gasteiger partial charge in [0.25, 0.3) is 17.7 Å². The third-order valence-electron chi connectivity index (χ3n) is 9.71. The average Bonchev–Trinajstić information content (AvgIpc) is 3.66. The molecule has 15 heteroatoms. The number of halogens is 1. The number of likely N-dealkylation sites (tertiary alicyclic amines) is 1. The minimum atomic E-state index is -0.995. The van der Waals surface area contributed by atoms with Gasteiger partial charge in [-0.05, 0) is 56.5 Å². The number of anilines is 2. The number of methoxy groups -OCH3 is 1. The van der Waals surface area contributed by atoms with Crippen molar-refractivity contribution in [2.45, 2.75) is 50.6 Å². The van der Waals surface area contributed by atoms with E-state index in [9.17, 15) is 33.2 Å². The van der Waals surface area contributed by atoms with Crippen LogP contribution < -0.4 is 26.0 Å². The van der Waals surface area contributed by atoms with E-state index in [0.29, 0.717) is 25.9 Å². The summed E-state index contributed by atoms with van der Waals surface area (Å²) in [6, 6.07) is 6.50. The summed E-state index contributed by atoms with van der Waals surface area (Å²) in [6.07, 6.45) is 2.74. The molecule has 2 aromatic carbocycles. The predicted molar refractivity (Wildman–Crippen MR) is 175 cm³/mol. The standard InChI is InChI=1S/C34H40FN7O7/c1-49-22-17-25(30(35)26(36)18-22)31(45)37-20-9-11-41(19-20)29(44)4-2-3-10-39-12-14-40(15-13-39)21-5-6-23-24(16-21)34(48)42(33(23)47)27-7-8-28(43)38-32(27)46/h5-6,16-18,20,27H,2-4,7-15,19,36H2,1H3,(H,37,45)(H,38,43,46)/t20-,27?/m1/s1. The number of imide groups is 2. The summed E-state index contributed by atoms with van der Waals surface area (Å²) in [5.41, 5.74) is 6.65. The highest BCUT2D eigenvalue weighted by molar-refractivity contribution is 6.23. The molecule has 0 aliphatic carbocycles. The van der Waals surface area contributed by atoms with Crippen molar-refractivity contribution in [3.8, 4) is 5.75 Å². The number of fused-ring (bicyclic) bond motifs is 1. The monoisotopic (exact) mass is 677 g/mol. The molecule has 260 valence electrons. The smallest absolute Gasteiger partial charge is 0.262 e. The van der Waals surface area contributed by atoms with E-state index in [2.05, 4.69) is 20.4 Å². The van der Waals surface area contributed by atoms with Gasteiger partial charge in [0, 0.05) is 69.9 Å². The maximum atomic E-state index is 14.5. The Morgan fingerprint density at radius 2 is 1.73 bits per heavy atom. The molecular weight excluding hydrogens is 637 g/mol. The maximum Gasteiger partial charge on any atom is 0.262 e. The first-order chi connectivity index (χ1) is 23.5. The number of piperidine rings is 1. The SMILES string of the molecule is COc1cc(N)c(F)c(C(=O)N[C@@H]2CCN(C(=O)CCCCN3CCN(c4ccc5c(c4)C(=O)N(C4CCC(=O)NC4=O)C5=O)CC3)C2)c1. The molecule has 2 atom stereocenters. The summed E-state index contributed by atoms with van der Waals surface area (Å²) in [4.78, 5) is 82.9. The molecule has 49 heavy (non-hydrogen) atoms. The number of unbranched alkanes of at least 4 members (excludes halogenated alkanes) is 1. The number of hydrogen-bond acceptors (Lipinski definition) is 10. The number of rotatable bonds is 10. The number of nitrogen functional groups attached to an aromatic ring is 1. The zero-order chi connectivity index (χ0) is 34.8. The molecule has 0 spiro atoms. The second-order valence-electron chi connectivity index (χ2n) is 12.8. The first kappa shape index (κ1) is 33.8. The van der Waals surface area contributed by atoms with Crippen molar-refractivity contribution in [2.24, 2.45) is 0 Å². The van der Waals surface area contributed by atoms with Crippen molar-refractivity contribution in [3.63, 3.8) is 0 Å². The van der Waals surface area contributed by atoms with Gasteiger partial charge in [-0.3, -0.25) is 43.9 Å². The molecule has 6 rings (SSSR count). The van der Waals surface area contributed by atoms with Crippen LogP contribution >= 0.6 is 0 Å². The molecule has 0 aromatic heterocycles. The fourth-order valence-electron chi connectivity index (χ4n) is 6.93. The summed E-state index contributed by atoms with van der Waals surface area (Å²) in [5.74, 6) is -3.17. The van der Waals surface area contributed by atoms with Crippen LogP contribution in [0.1, 0.15) is 69.6 Å². The van der Waals surface area contributed by atoms with E-state index in [0.717, 1.165) is 56.2 Å². The number of carbonyl (C=O) groups excluding carboxylic acids is 6. The van der Waals surface area contributed by atoms with Gasteiger partial charge in [-0.25, -0.2) is 4.39 Å². The molecule has 6 amide bonds. The van der Waals surface area contributed by atoms with E-state index in [1.165, 1.54) is 19.2 Å². The summed E-state index contributed by atoms with van der Waals surface area (Å²) in [7, 11) is 1.41. The third-order valence-corrected chi connectivity index (χ3v) is 9.71. The molecule has 3 saturated heterocycles. The molecule has 0 radical (unpaired) electrons. The van der Waals surface area contributed by atoms with Crippen LogP contribution in [-0.4, -0.2) is 115 Å². The van der Waals surface area contributed by atoms with Gasteiger partial charge in [-0.1, -0.05) is 0 Å². The Morgan fingerprint density at radius 1 is 0.980 bits per heavy atom. The lowest BCUT2D eigenvalue weighted by Gasteiger charge is -2.36. The van der Waals surface area contributed by atoms with E-state index in [4.69, 9.17) is 10.5 Å². The van der Waals surface area contributed by atoms with E-state index in [1.54, 1.807) is 17.0 Å². The molecular formula is C34H40FN7O7. The van der Waals surface area contributed by atoms with Crippen molar-refractivity contribution < 1.29 is 37.9 Å². The quantitative estimate of drug-likeness (QED) is 0.188. The number of amides is 6. The highest BCUT2D eigenvalue weighted by atomic mass is 19.1. The Kier molecular flexibility index (Phi) is 9.81. The zero-order valence-electron chi connectivity index (χ0n) is 27.3. The molecule has 4 N–H and O–H groups in total. The van der Waals surface area contributed by atoms with Crippen LogP contribution in [0.2, 0.25) is 0 Å². The first-order valence-electron chi connectivity index (χ1n) is 16.6. The number of nitrogens with two attached hydrogens (primary N) is 1. The van der Waals surface area contributed by atoms with E-state index >= 15 is 0 Å². The summed E-state index contributed by atoms with van der Waals surface area (Å²) >= 11 is 0. The molecule has 4 aliphatic rings. The second kappa shape index (κ2) is 14.2. The van der Waals surface area contributed by atoms with E-state index < -0.39 is 41.4 Å². The largest absolute Gasteiger partial charge is 0.497 e. The molecule has 1 unspecified atom stereocenters. The zero-order valence-corrected chi connectivity index (χ0v) is 27.3. The van der Waals surface area contributed by atoms with Gasteiger partial charge in [-0.2, -0.15) is 0 Å². The van der Waals surface area contributed by atoms with Crippen LogP contribution in [0.5, 0.6) is 5.75 Å². The Labute approximate surface area is 282 Å².